The molecule has 2 fully saturated rings. The van der Waals surface area contributed by atoms with E-state index in [-0.39, 0.29) is 43.6 Å². The van der Waals surface area contributed by atoms with Crippen LogP contribution in [0.15, 0.2) is 36.4 Å². The van der Waals surface area contributed by atoms with Gasteiger partial charge < -0.3 is 19.8 Å². The number of hydrogen-bond acceptors (Lipinski definition) is 5. The van der Waals surface area contributed by atoms with Crippen LogP contribution in [0.25, 0.3) is 0 Å². The number of carbonyl (C=O) groups excluding carboxylic acids is 2. The van der Waals surface area contributed by atoms with Crippen molar-refractivity contribution in [1.82, 2.24) is 14.7 Å². The van der Waals surface area contributed by atoms with E-state index in [1.54, 1.807) is 6.07 Å². The summed E-state index contributed by atoms with van der Waals surface area (Å²) in [5.74, 6) is -7.02. The quantitative estimate of drug-likeness (QED) is 0.239. The lowest BCUT2D eigenvalue weighted by Crippen LogP contribution is -2.55. The fraction of sp³-hybridized carbons (Fsp3) is 0.548. The summed E-state index contributed by atoms with van der Waals surface area (Å²) in [5, 5.41) is 9.98. The molecule has 0 radical (unpaired) electrons. The molecule has 1 N–H and O–H groups in total. The molecule has 0 aromatic heterocycles. The molecule has 2 saturated heterocycles. The van der Waals surface area contributed by atoms with Crippen molar-refractivity contribution < 1.29 is 36.6 Å². The number of benzene rings is 2. The summed E-state index contributed by atoms with van der Waals surface area (Å²) < 4.78 is 71.8. The van der Waals surface area contributed by atoms with Gasteiger partial charge in [0.2, 0.25) is 5.91 Å². The van der Waals surface area contributed by atoms with Crippen molar-refractivity contribution in [2.24, 2.45) is 11.8 Å². The summed E-state index contributed by atoms with van der Waals surface area (Å²) in [4.78, 5) is 32.9. The molecule has 6 nitrogen and oxygen atoms in total. The van der Waals surface area contributed by atoms with E-state index in [0.717, 1.165) is 23.9 Å². The molecule has 4 rings (SSSR count). The van der Waals surface area contributed by atoms with Gasteiger partial charge in [-0.2, -0.15) is 13.2 Å². The molecule has 4 atom stereocenters. The second-order valence-electron chi connectivity index (χ2n) is 11.7. The summed E-state index contributed by atoms with van der Waals surface area (Å²) in [6, 6.07) is 6.00. The molecule has 0 bridgehead atoms. The topological polar surface area (TPSA) is 64.1 Å². The van der Waals surface area contributed by atoms with Gasteiger partial charge in [0.05, 0.1) is 11.5 Å². The predicted octanol–water partition coefficient (Wildman–Crippen LogP) is 5.39. The van der Waals surface area contributed by atoms with Crippen LogP contribution < -0.4 is 0 Å². The molecule has 1 amide bonds. The first kappa shape index (κ1) is 31.9. The van der Waals surface area contributed by atoms with Crippen LogP contribution in [-0.4, -0.2) is 90.5 Å². The van der Waals surface area contributed by atoms with Crippen molar-refractivity contribution in [2.45, 2.75) is 50.7 Å². The van der Waals surface area contributed by atoms with Gasteiger partial charge in [0, 0.05) is 31.5 Å². The Hall–Kier alpha value is -3.05. The van der Waals surface area contributed by atoms with Crippen LogP contribution in [0, 0.1) is 30.4 Å². The third-order valence-electron chi connectivity index (χ3n) is 8.59. The minimum absolute atomic E-state index is 0.0724. The molecule has 0 unspecified atom stereocenters. The minimum Gasteiger partial charge on any atom is -0.505 e. The van der Waals surface area contributed by atoms with Crippen molar-refractivity contribution in [2.75, 3.05) is 46.8 Å². The number of Topliss-reactive ketones (excluding diaryl/α,β-unsaturated/α-hetero) is 1. The number of piperidine rings is 1. The van der Waals surface area contributed by atoms with Gasteiger partial charge >= 0.3 is 6.18 Å². The molecule has 2 aliphatic rings. The second-order valence-corrected chi connectivity index (χ2v) is 11.7. The lowest BCUT2D eigenvalue weighted by molar-refractivity contribution is -0.185. The standard InChI is InChI=1S/C31H38F5N3O3/c1-19-20(9-6-11-24(19)32)27-22(29(41)21-10-7-12-25(40)28(21)33)17-38(15-5-4-14-37(2)3)18-23(27)30(42)39-16-8-13-26(39)31(34,35)36/h6-7,9-12,22-23,26-27,40H,4-5,8,13-18H2,1-3H3/t22-,23+,26-,27+/m0/s1. The maximum Gasteiger partial charge on any atom is 0.408 e. The average Bonchev–Trinajstić information content (AvgIpc) is 3.44. The number of phenolic OH excluding ortho intramolecular Hbond substituents is 1. The van der Waals surface area contributed by atoms with Crippen molar-refractivity contribution in [3.05, 3.63) is 64.7 Å². The highest BCUT2D eigenvalue weighted by atomic mass is 19.4. The van der Waals surface area contributed by atoms with Gasteiger partial charge in [-0.1, -0.05) is 18.2 Å². The van der Waals surface area contributed by atoms with E-state index < -0.39 is 59.0 Å². The molecule has 2 aliphatic heterocycles. The maximum absolute atomic E-state index is 15.0. The van der Waals surface area contributed by atoms with Gasteiger partial charge in [-0.05, 0) is 89.1 Å². The molecule has 2 heterocycles. The number of ketones is 1. The second kappa shape index (κ2) is 13.1. The highest BCUT2D eigenvalue weighted by Gasteiger charge is 2.52. The van der Waals surface area contributed by atoms with E-state index in [1.807, 2.05) is 23.9 Å². The Bertz CT molecular complexity index is 1280. The fourth-order valence-electron chi connectivity index (χ4n) is 6.47. The Balaban J connectivity index is 1.80. The van der Waals surface area contributed by atoms with Crippen molar-refractivity contribution in [3.8, 4) is 5.75 Å². The molecule has 2 aromatic carbocycles. The first-order chi connectivity index (χ1) is 19.8. The smallest absolute Gasteiger partial charge is 0.408 e. The van der Waals surface area contributed by atoms with Crippen LogP contribution in [0.1, 0.15) is 53.1 Å². The van der Waals surface area contributed by atoms with E-state index in [2.05, 4.69) is 0 Å². The molecular formula is C31H38F5N3O3. The number of unbranched alkanes of at least 4 members (excludes halogenated alkanes) is 1. The van der Waals surface area contributed by atoms with Crippen LogP contribution in [0.4, 0.5) is 22.0 Å². The lowest BCUT2D eigenvalue weighted by atomic mass is 9.69. The molecule has 2 aromatic rings. The third-order valence-corrected chi connectivity index (χ3v) is 8.59. The van der Waals surface area contributed by atoms with Crippen molar-refractivity contribution in [1.29, 1.82) is 0 Å². The Labute approximate surface area is 243 Å². The van der Waals surface area contributed by atoms with E-state index in [4.69, 9.17) is 0 Å². The van der Waals surface area contributed by atoms with Gasteiger partial charge in [-0.3, -0.25) is 9.59 Å². The van der Waals surface area contributed by atoms with Gasteiger partial charge in [0.1, 0.15) is 11.9 Å². The van der Waals surface area contributed by atoms with Crippen LogP contribution in [0.3, 0.4) is 0 Å². The number of alkyl halides is 3. The number of amides is 1. The number of rotatable bonds is 9. The Morgan fingerprint density at radius 1 is 1.02 bits per heavy atom. The monoisotopic (exact) mass is 595 g/mol. The van der Waals surface area contributed by atoms with Crippen molar-refractivity contribution >= 4 is 11.7 Å². The lowest BCUT2D eigenvalue weighted by Gasteiger charge is -2.45. The molecular weight excluding hydrogens is 557 g/mol. The number of phenols is 1. The number of halogens is 5. The summed E-state index contributed by atoms with van der Waals surface area (Å²) in [6.45, 7) is 2.89. The van der Waals surface area contributed by atoms with Crippen LogP contribution in [0.2, 0.25) is 0 Å². The number of likely N-dealkylation sites (tertiary alicyclic amines) is 2. The molecule has 0 saturated carbocycles. The highest BCUT2D eigenvalue weighted by molar-refractivity contribution is 6.00. The van der Waals surface area contributed by atoms with Crippen LogP contribution >= 0.6 is 0 Å². The average molecular weight is 596 g/mol. The molecule has 0 aliphatic carbocycles. The Morgan fingerprint density at radius 2 is 1.71 bits per heavy atom. The number of carbonyl (C=O) groups is 2. The van der Waals surface area contributed by atoms with E-state index >= 15 is 4.39 Å². The van der Waals surface area contributed by atoms with Gasteiger partial charge in [-0.15, -0.1) is 0 Å². The summed E-state index contributed by atoms with van der Waals surface area (Å²) in [6.07, 6.45) is -3.11. The third kappa shape index (κ3) is 6.78. The number of nitrogens with zero attached hydrogens (tertiary/aromatic N) is 3. The Kier molecular flexibility index (Phi) is 9.92. The highest BCUT2D eigenvalue weighted by Crippen LogP contribution is 2.44. The first-order valence-electron chi connectivity index (χ1n) is 14.3. The van der Waals surface area contributed by atoms with Gasteiger partial charge in [-0.25, -0.2) is 8.78 Å². The molecule has 0 spiro atoms. The van der Waals surface area contributed by atoms with Crippen molar-refractivity contribution in [3.63, 3.8) is 0 Å². The summed E-state index contributed by atoms with van der Waals surface area (Å²) in [7, 11) is 3.88. The zero-order valence-corrected chi connectivity index (χ0v) is 24.1. The van der Waals surface area contributed by atoms with E-state index in [9.17, 15) is 32.3 Å². The first-order valence-corrected chi connectivity index (χ1v) is 14.3. The minimum atomic E-state index is -4.61. The maximum atomic E-state index is 15.0. The zero-order chi connectivity index (χ0) is 30.8. The molecule has 42 heavy (non-hydrogen) atoms. The fourth-order valence-corrected chi connectivity index (χ4v) is 6.47. The molecule has 230 valence electrons. The van der Waals surface area contributed by atoms with E-state index in [1.165, 1.54) is 31.2 Å². The number of hydrogen-bond donors (Lipinski definition) is 1. The SMILES string of the molecule is Cc1c(F)cccc1[C@@H]1[C@@H](C(=O)c2cccc(O)c2F)CN(CCCCN(C)C)C[C@H]1C(=O)N1CCC[C@H]1C(F)(F)F. The summed E-state index contributed by atoms with van der Waals surface area (Å²) in [5.41, 5.74) is 0.138. The summed E-state index contributed by atoms with van der Waals surface area (Å²) >= 11 is 0. The van der Waals surface area contributed by atoms with Gasteiger partial charge in [0.15, 0.2) is 17.3 Å². The largest absolute Gasteiger partial charge is 0.505 e. The Morgan fingerprint density at radius 3 is 2.40 bits per heavy atom. The van der Waals surface area contributed by atoms with Crippen LogP contribution in [-0.2, 0) is 4.79 Å². The zero-order valence-electron chi connectivity index (χ0n) is 24.1. The normalized spacial score (nSPS) is 23.5. The van der Waals surface area contributed by atoms with E-state index in [0.29, 0.717) is 18.5 Å². The number of aromatic hydroxyl groups is 1. The van der Waals surface area contributed by atoms with Crippen LogP contribution in [0.5, 0.6) is 5.75 Å². The predicted molar refractivity (Wildman–Crippen MR) is 148 cm³/mol. The molecule has 11 heteroatoms. The van der Waals surface area contributed by atoms with Gasteiger partial charge in [0.25, 0.3) is 0 Å².